The van der Waals surface area contributed by atoms with E-state index >= 15 is 0 Å². The Morgan fingerprint density at radius 1 is 1.17 bits per heavy atom. The zero-order chi connectivity index (χ0) is 17.3. The fourth-order valence-electron chi connectivity index (χ4n) is 2.57. The first-order chi connectivity index (χ1) is 11.4. The molecule has 0 N–H and O–H groups in total. The average Bonchev–Trinajstić information content (AvgIpc) is 2.87. The number of nitrogens with zero attached hydrogens (tertiary/aromatic N) is 1. The van der Waals surface area contributed by atoms with E-state index in [0.29, 0.717) is 10.7 Å². The van der Waals surface area contributed by atoms with Crippen molar-refractivity contribution in [3.63, 3.8) is 0 Å². The van der Waals surface area contributed by atoms with Crippen LogP contribution in [0.25, 0.3) is 0 Å². The monoisotopic (exact) mass is 365 g/mol. The first kappa shape index (κ1) is 16.7. The van der Waals surface area contributed by atoms with Gasteiger partial charge < -0.3 is 4.90 Å². The summed E-state index contributed by atoms with van der Waals surface area (Å²) < 4.78 is 37.5. The topological polar surface area (TPSA) is 54.5 Å². The van der Waals surface area contributed by atoms with Crippen LogP contribution < -0.4 is 4.90 Å². The maximum atomic E-state index is 14.0. The summed E-state index contributed by atoms with van der Waals surface area (Å²) >= 11 is 5.99. The smallest absolute Gasteiger partial charge is 0.261 e. The molecule has 1 aliphatic heterocycles. The van der Waals surface area contributed by atoms with E-state index in [-0.39, 0.29) is 11.3 Å². The van der Waals surface area contributed by atoms with Crippen molar-refractivity contribution in [2.24, 2.45) is 0 Å². The van der Waals surface area contributed by atoms with Gasteiger partial charge in [0.15, 0.2) is 9.84 Å². The van der Waals surface area contributed by atoms with Gasteiger partial charge in [0.05, 0.1) is 17.4 Å². The highest BCUT2D eigenvalue weighted by Crippen LogP contribution is 2.27. The van der Waals surface area contributed by atoms with Crippen LogP contribution in [0.15, 0.2) is 60.0 Å². The van der Waals surface area contributed by atoms with Crippen LogP contribution in [0.4, 0.5) is 10.1 Å². The Morgan fingerprint density at radius 3 is 2.54 bits per heavy atom. The van der Waals surface area contributed by atoms with Crippen molar-refractivity contribution < 1.29 is 17.6 Å². The van der Waals surface area contributed by atoms with E-state index in [1.165, 1.54) is 29.2 Å². The van der Waals surface area contributed by atoms with Crippen LogP contribution in [0.3, 0.4) is 0 Å². The summed E-state index contributed by atoms with van der Waals surface area (Å²) in [6.45, 7) is 0. The Hall–Kier alpha value is -2.18. The lowest BCUT2D eigenvalue weighted by atomic mass is 10.1. The van der Waals surface area contributed by atoms with Crippen molar-refractivity contribution in [3.8, 4) is 0 Å². The molecule has 2 aromatic rings. The Labute approximate surface area is 144 Å². The molecule has 1 heterocycles. The molecule has 1 atom stereocenters. The SMILES string of the molecule is O=C(c1ccccc1F)N(c1cccc(Cl)c1)C1C=CS(=O)(=O)C1. The van der Waals surface area contributed by atoms with Gasteiger partial charge in [-0.1, -0.05) is 29.8 Å². The van der Waals surface area contributed by atoms with Crippen molar-refractivity contribution in [3.05, 3.63) is 76.4 Å². The second-order valence-corrected chi connectivity index (χ2v) is 7.73. The lowest BCUT2D eigenvalue weighted by molar-refractivity contribution is 0.0979. The zero-order valence-corrected chi connectivity index (χ0v) is 14.0. The number of sulfone groups is 1. The van der Waals surface area contributed by atoms with E-state index in [0.717, 1.165) is 5.41 Å². The number of amides is 1. The van der Waals surface area contributed by atoms with E-state index in [2.05, 4.69) is 0 Å². The highest BCUT2D eigenvalue weighted by atomic mass is 35.5. The maximum Gasteiger partial charge on any atom is 0.261 e. The molecule has 0 saturated heterocycles. The van der Waals surface area contributed by atoms with Crippen LogP contribution in [0.2, 0.25) is 5.02 Å². The maximum absolute atomic E-state index is 14.0. The number of anilines is 1. The van der Waals surface area contributed by atoms with E-state index in [9.17, 15) is 17.6 Å². The molecule has 2 aromatic carbocycles. The number of hydrogen-bond acceptors (Lipinski definition) is 3. The van der Waals surface area contributed by atoms with Crippen LogP contribution >= 0.6 is 11.6 Å². The fraction of sp³-hybridized carbons (Fsp3) is 0.118. The normalized spacial score (nSPS) is 18.5. The fourth-order valence-corrected chi connectivity index (χ4v) is 4.02. The Morgan fingerprint density at radius 2 is 1.92 bits per heavy atom. The van der Waals surface area contributed by atoms with E-state index in [1.807, 2.05) is 0 Å². The molecule has 4 nitrogen and oxygen atoms in total. The minimum absolute atomic E-state index is 0.129. The molecule has 0 radical (unpaired) electrons. The number of carbonyl (C=O) groups excluding carboxylic acids is 1. The summed E-state index contributed by atoms with van der Waals surface area (Å²) in [6, 6.07) is 11.3. The summed E-state index contributed by atoms with van der Waals surface area (Å²) in [6.07, 6.45) is 1.43. The van der Waals surface area contributed by atoms with Gasteiger partial charge in [-0.3, -0.25) is 4.79 Å². The summed E-state index contributed by atoms with van der Waals surface area (Å²) in [7, 11) is -3.39. The third-order valence-electron chi connectivity index (χ3n) is 3.65. The van der Waals surface area contributed by atoms with Crippen LogP contribution in [0.5, 0.6) is 0 Å². The second-order valence-electron chi connectivity index (χ2n) is 5.36. The van der Waals surface area contributed by atoms with Crippen molar-refractivity contribution in [2.45, 2.75) is 6.04 Å². The molecule has 3 rings (SSSR count). The molecule has 1 unspecified atom stereocenters. The number of halogens is 2. The van der Waals surface area contributed by atoms with Gasteiger partial charge >= 0.3 is 0 Å². The third-order valence-corrected chi connectivity index (χ3v) is 5.27. The largest absolute Gasteiger partial charge is 0.300 e. The van der Waals surface area contributed by atoms with Gasteiger partial charge in [-0.2, -0.15) is 0 Å². The van der Waals surface area contributed by atoms with Gasteiger partial charge in [0, 0.05) is 16.1 Å². The summed E-state index contributed by atoms with van der Waals surface area (Å²) in [5.74, 6) is -1.54. The zero-order valence-electron chi connectivity index (χ0n) is 12.4. The minimum atomic E-state index is -3.39. The highest BCUT2D eigenvalue weighted by Gasteiger charge is 2.33. The van der Waals surface area contributed by atoms with E-state index in [1.54, 1.807) is 30.3 Å². The van der Waals surface area contributed by atoms with Crippen LogP contribution in [-0.2, 0) is 9.84 Å². The van der Waals surface area contributed by atoms with E-state index in [4.69, 9.17) is 11.6 Å². The van der Waals surface area contributed by atoms with Gasteiger partial charge in [-0.25, -0.2) is 12.8 Å². The summed E-state index contributed by atoms with van der Waals surface area (Å²) in [5, 5.41) is 1.47. The molecule has 0 bridgehead atoms. The van der Waals surface area contributed by atoms with E-state index < -0.39 is 27.6 Å². The lowest BCUT2D eigenvalue weighted by Gasteiger charge is -2.28. The molecular formula is C17H13ClFNO3S. The van der Waals surface area contributed by atoms with Crippen LogP contribution in [0, 0.1) is 5.82 Å². The molecule has 1 amide bonds. The molecule has 0 fully saturated rings. The van der Waals surface area contributed by atoms with Crippen LogP contribution in [0.1, 0.15) is 10.4 Å². The molecule has 124 valence electrons. The highest BCUT2D eigenvalue weighted by molar-refractivity contribution is 7.94. The van der Waals surface area contributed by atoms with Gasteiger partial charge in [0.1, 0.15) is 5.82 Å². The Kier molecular flexibility index (Phi) is 4.43. The predicted octanol–water partition coefficient (Wildman–Crippen LogP) is 3.44. The van der Waals surface area contributed by atoms with Gasteiger partial charge in [-0.15, -0.1) is 0 Å². The molecular weight excluding hydrogens is 353 g/mol. The molecule has 0 saturated carbocycles. The number of hydrogen-bond donors (Lipinski definition) is 0. The van der Waals surface area contributed by atoms with Gasteiger partial charge in [0.25, 0.3) is 5.91 Å². The first-order valence-corrected chi connectivity index (χ1v) is 9.21. The molecule has 0 aromatic heterocycles. The number of carbonyl (C=O) groups is 1. The molecule has 1 aliphatic rings. The van der Waals surface area contributed by atoms with Crippen molar-refractivity contribution in [1.29, 1.82) is 0 Å². The molecule has 24 heavy (non-hydrogen) atoms. The number of rotatable bonds is 3. The number of benzene rings is 2. The van der Waals surface area contributed by atoms with Gasteiger partial charge in [-0.05, 0) is 36.4 Å². The third kappa shape index (κ3) is 3.34. The predicted molar refractivity (Wildman–Crippen MR) is 91.4 cm³/mol. The first-order valence-electron chi connectivity index (χ1n) is 7.12. The lowest BCUT2D eigenvalue weighted by Crippen LogP contribution is -2.41. The van der Waals surface area contributed by atoms with Crippen LogP contribution in [-0.4, -0.2) is 26.1 Å². The summed E-state index contributed by atoms with van der Waals surface area (Å²) in [4.78, 5) is 14.1. The molecule has 7 heteroatoms. The van der Waals surface area contributed by atoms with Crippen molar-refractivity contribution in [2.75, 3.05) is 10.7 Å². The minimum Gasteiger partial charge on any atom is -0.300 e. The van der Waals surface area contributed by atoms with Gasteiger partial charge in [0.2, 0.25) is 0 Å². The second kappa shape index (κ2) is 6.37. The molecule has 0 spiro atoms. The molecule has 0 aliphatic carbocycles. The standard InChI is InChI=1S/C17H13ClFNO3S/c18-12-4-3-5-13(10-12)20(14-8-9-24(22,23)11-14)17(21)15-6-1-2-7-16(15)19/h1-10,14H,11H2. The van der Waals surface area contributed by atoms with Crippen molar-refractivity contribution >= 4 is 33.0 Å². The summed E-state index contributed by atoms with van der Waals surface area (Å²) in [5.41, 5.74) is 0.276. The average molecular weight is 366 g/mol. The Balaban J connectivity index is 2.07. The van der Waals surface area contributed by atoms with Crippen molar-refractivity contribution in [1.82, 2.24) is 0 Å². The Bertz CT molecular complexity index is 927. The quantitative estimate of drug-likeness (QED) is 0.837.